The molecule has 0 bridgehead atoms. The van der Waals surface area contributed by atoms with Crippen LogP contribution in [-0.2, 0) is 9.59 Å². The second kappa shape index (κ2) is 10.3. The fourth-order valence-electron chi connectivity index (χ4n) is 2.17. The monoisotopic (exact) mass is 370 g/mol. The van der Waals surface area contributed by atoms with Crippen LogP contribution in [0.15, 0.2) is 59.5 Å². The first-order valence-corrected chi connectivity index (χ1v) is 9.37. The minimum Gasteiger partial charge on any atom is -0.497 e. The van der Waals surface area contributed by atoms with Gasteiger partial charge in [-0.15, -0.1) is 11.8 Å². The molecule has 0 spiro atoms. The van der Waals surface area contributed by atoms with Crippen LogP contribution < -0.4 is 15.4 Å². The van der Waals surface area contributed by atoms with Crippen LogP contribution >= 0.6 is 11.8 Å². The van der Waals surface area contributed by atoms with Gasteiger partial charge in [0.15, 0.2) is 0 Å². The van der Waals surface area contributed by atoms with Crippen LogP contribution in [0.2, 0.25) is 0 Å². The lowest BCUT2D eigenvalue weighted by Gasteiger charge is -2.07. The van der Waals surface area contributed by atoms with Gasteiger partial charge in [0.05, 0.1) is 7.11 Å². The van der Waals surface area contributed by atoms with Gasteiger partial charge in [-0.25, -0.2) is 0 Å². The third-order valence-electron chi connectivity index (χ3n) is 3.55. The van der Waals surface area contributed by atoms with E-state index in [1.165, 1.54) is 6.08 Å². The molecule has 0 radical (unpaired) electrons. The maximum atomic E-state index is 11.9. The van der Waals surface area contributed by atoms with Gasteiger partial charge < -0.3 is 15.4 Å². The first-order valence-electron chi connectivity index (χ1n) is 8.14. The quantitative estimate of drug-likeness (QED) is 0.551. The van der Waals surface area contributed by atoms with Crippen molar-refractivity contribution < 1.29 is 14.3 Å². The zero-order valence-electron chi connectivity index (χ0n) is 14.8. The van der Waals surface area contributed by atoms with Crippen molar-refractivity contribution in [1.82, 2.24) is 5.32 Å². The maximum absolute atomic E-state index is 11.9. The number of ether oxygens (including phenoxy) is 1. The minimum atomic E-state index is -0.238. The number of methoxy groups -OCH3 is 1. The Morgan fingerprint density at radius 3 is 2.62 bits per heavy atom. The van der Waals surface area contributed by atoms with Crippen molar-refractivity contribution in [3.63, 3.8) is 0 Å². The molecule has 2 amide bonds. The van der Waals surface area contributed by atoms with Crippen molar-refractivity contribution in [2.45, 2.75) is 11.3 Å². The number of hydrogen-bond acceptors (Lipinski definition) is 4. The second-order valence-corrected chi connectivity index (χ2v) is 6.31. The molecule has 2 aromatic rings. The molecule has 0 fully saturated rings. The first kappa shape index (κ1) is 19.6. The number of amides is 2. The van der Waals surface area contributed by atoms with Gasteiger partial charge in [-0.2, -0.15) is 0 Å². The van der Waals surface area contributed by atoms with Crippen molar-refractivity contribution in [3.8, 4) is 5.75 Å². The molecule has 0 atom stereocenters. The van der Waals surface area contributed by atoms with Gasteiger partial charge >= 0.3 is 0 Å². The van der Waals surface area contributed by atoms with Crippen LogP contribution in [0.25, 0.3) is 6.08 Å². The summed E-state index contributed by atoms with van der Waals surface area (Å²) in [4.78, 5) is 24.8. The van der Waals surface area contributed by atoms with E-state index < -0.39 is 0 Å². The number of carbonyl (C=O) groups excluding carboxylic acids is 2. The highest BCUT2D eigenvalue weighted by Crippen LogP contribution is 2.19. The topological polar surface area (TPSA) is 67.4 Å². The third-order valence-corrected chi connectivity index (χ3v) is 4.27. The summed E-state index contributed by atoms with van der Waals surface area (Å²) < 4.78 is 5.08. The van der Waals surface area contributed by atoms with Crippen LogP contribution in [0.4, 0.5) is 5.69 Å². The highest BCUT2D eigenvalue weighted by molar-refractivity contribution is 7.98. The van der Waals surface area contributed by atoms with Crippen LogP contribution in [0.5, 0.6) is 5.75 Å². The van der Waals surface area contributed by atoms with Gasteiger partial charge in [-0.1, -0.05) is 18.2 Å². The Morgan fingerprint density at radius 2 is 1.92 bits per heavy atom. The number of rotatable bonds is 8. The molecule has 0 heterocycles. The Bertz CT molecular complexity index is 773. The van der Waals surface area contributed by atoms with Crippen LogP contribution in [0.3, 0.4) is 0 Å². The molecule has 0 saturated carbocycles. The second-order valence-electron chi connectivity index (χ2n) is 5.43. The summed E-state index contributed by atoms with van der Waals surface area (Å²) in [6.07, 6.45) is 5.35. The van der Waals surface area contributed by atoms with E-state index in [1.807, 2.05) is 54.8 Å². The Hall–Kier alpha value is -2.73. The fraction of sp³-hybridized carbons (Fsp3) is 0.200. The molecule has 0 saturated heterocycles. The van der Waals surface area contributed by atoms with E-state index in [-0.39, 0.29) is 24.8 Å². The van der Waals surface area contributed by atoms with Crippen molar-refractivity contribution in [2.75, 3.05) is 25.2 Å². The van der Waals surface area contributed by atoms with Gasteiger partial charge in [0.25, 0.3) is 0 Å². The summed E-state index contributed by atoms with van der Waals surface area (Å²) in [5, 5.41) is 5.52. The third kappa shape index (κ3) is 6.64. The lowest BCUT2D eigenvalue weighted by atomic mass is 10.2. The summed E-state index contributed by atoms with van der Waals surface area (Å²) in [5.41, 5.74) is 1.65. The number of carbonyl (C=O) groups is 2. The summed E-state index contributed by atoms with van der Waals surface area (Å²) >= 11 is 1.61. The lowest BCUT2D eigenvalue weighted by Crippen LogP contribution is -2.26. The molecule has 26 heavy (non-hydrogen) atoms. The number of nitrogens with one attached hydrogen (secondary N) is 2. The SMILES string of the molecule is COc1ccc(C=CC(=O)NCCC(=O)Nc2cccc(SC)c2)cc1. The molecule has 0 aliphatic heterocycles. The Kier molecular flexibility index (Phi) is 7.76. The number of benzene rings is 2. The van der Waals surface area contributed by atoms with E-state index in [0.717, 1.165) is 21.9 Å². The molecule has 6 heteroatoms. The highest BCUT2D eigenvalue weighted by Gasteiger charge is 2.04. The average Bonchev–Trinajstić information content (AvgIpc) is 2.67. The van der Waals surface area contributed by atoms with Crippen LogP contribution in [-0.4, -0.2) is 31.7 Å². The van der Waals surface area contributed by atoms with Crippen molar-refractivity contribution in [2.24, 2.45) is 0 Å². The van der Waals surface area contributed by atoms with E-state index in [0.29, 0.717) is 0 Å². The molecular formula is C20H22N2O3S. The number of thioether (sulfide) groups is 1. The van der Waals surface area contributed by atoms with Gasteiger partial charge in [0.1, 0.15) is 5.75 Å². The first-order chi connectivity index (χ1) is 12.6. The molecule has 0 aliphatic carbocycles. The van der Waals surface area contributed by atoms with Crippen molar-refractivity contribution >= 4 is 35.3 Å². The van der Waals surface area contributed by atoms with Crippen LogP contribution in [0.1, 0.15) is 12.0 Å². The molecule has 0 aromatic heterocycles. The zero-order chi connectivity index (χ0) is 18.8. The smallest absolute Gasteiger partial charge is 0.244 e. The van der Waals surface area contributed by atoms with E-state index >= 15 is 0 Å². The molecule has 5 nitrogen and oxygen atoms in total. The van der Waals surface area contributed by atoms with Crippen molar-refractivity contribution in [1.29, 1.82) is 0 Å². The van der Waals surface area contributed by atoms with E-state index in [2.05, 4.69) is 10.6 Å². The fourth-order valence-corrected chi connectivity index (χ4v) is 2.63. The lowest BCUT2D eigenvalue weighted by molar-refractivity contribution is -0.117. The maximum Gasteiger partial charge on any atom is 0.244 e. The Morgan fingerprint density at radius 1 is 1.15 bits per heavy atom. The average molecular weight is 370 g/mol. The molecule has 2 rings (SSSR count). The van der Waals surface area contributed by atoms with Crippen LogP contribution in [0, 0.1) is 0 Å². The molecule has 0 unspecified atom stereocenters. The largest absolute Gasteiger partial charge is 0.497 e. The van der Waals surface area contributed by atoms with E-state index in [1.54, 1.807) is 24.9 Å². The number of anilines is 1. The molecule has 136 valence electrons. The predicted octanol–water partition coefficient (Wildman–Crippen LogP) is 3.58. The standard InChI is InChI=1S/C20H22N2O3S/c1-25-17-9-6-15(7-10-17)8-11-19(23)21-13-12-20(24)22-16-4-3-5-18(14-16)26-2/h3-11,14H,12-13H2,1-2H3,(H,21,23)(H,22,24). The summed E-state index contributed by atoms with van der Waals surface area (Å²) in [6.45, 7) is 0.278. The Labute approximate surface area is 157 Å². The normalized spacial score (nSPS) is 10.5. The molecular weight excluding hydrogens is 348 g/mol. The van der Waals surface area contributed by atoms with Gasteiger partial charge in [0, 0.05) is 29.6 Å². The Balaban J connectivity index is 1.73. The molecule has 2 aromatic carbocycles. The predicted molar refractivity (Wildman–Crippen MR) is 107 cm³/mol. The van der Waals surface area contributed by atoms with Crippen molar-refractivity contribution in [3.05, 3.63) is 60.2 Å². The zero-order valence-corrected chi connectivity index (χ0v) is 15.6. The highest BCUT2D eigenvalue weighted by atomic mass is 32.2. The summed E-state index contributed by atoms with van der Waals surface area (Å²) in [7, 11) is 1.61. The summed E-state index contributed by atoms with van der Waals surface area (Å²) in [6, 6.07) is 15.0. The molecule has 2 N–H and O–H groups in total. The minimum absolute atomic E-state index is 0.136. The van der Waals surface area contributed by atoms with Gasteiger partial charge in [0.2, 0.25) is 11.8 Å². The van der Waals surface area contributed by atoms with E-state index in [4.69, 9.17) is 4.74 Å². The van der Waals surface area contributed by atoms with Gasteiger partial charge in [-0.3, -0.25) is 9.59 Å². The van der Waals surface area contributed by atoms with E-state index in [9.17, 15) is 9.59 Å². The summed E-state index contributed by atoms with van der Waals surface area (Å²) in [5.74, 6) is 0.390. The number of hydrogen-bond donors (Lipinski definition) is 2. The van der Waals surface area contributed by atoms with Gasteiger partial charge in [-0.05, 0) is 48.2 Å². The molecule has 0 aliphatic rings.